The Morgan fingerprint density at radius 3 is 2.57 bits per heavy atom. The van der Waals surface area contributed by atoms with E-state index in [0.29, 0.717) is 12.0 Å². The van der Waals surface area contributed by atoms with Gasteiger partial charge in [0, 0.05) is 13.1 Å². The first-order valence-electron chi connectivity index (χ1n) is 7.37. The Labute approximate surface area is 134 Å². The van der Waals surface area contributed by atoms with Crippen molar-refractivity contribution >= 4 is 22.0 Å². The zero-order valence-corrected chi connectivity index (χ0v) is 13.8. The number of rotatable bonds is 3. The monoisotopic (exact) mass is 338 g/mol. The fourth-order valence-electron chi connectivity index (χ4n) is 3.08. The van der Waals surface area contributed by atoms with E-state index in [4.69, 9.17) is 4.74 Å². The van der Waals surface area contributed by atoms with Gasteiger partial charge in [0.1, 0.15) is 0 Å². The van der Waals surface area contributed by atoms with Gasteiger partial charge in [-0.1, -0.05) is 17.7 Å². The van der Waals surface area contributed by atoms with Crippen LogP contribution in [0.1, 0.15) is 17.5 Å². The second-order valence-corrected chi connectivity index (χ2v) is 7.80. The second kappa shape index (κ2) is 5.61. The quantitative estimate of drug-likeness (QED) is 0.822. The Morgan fingerprint density at radius 1 is 1.22 bits per heavy atom. The molecule has 2 aliphatic heterocycles. The molecule has 0 radical (unpaired) electrons. The van der Waals surface area contributed by atoms with Gasteiger partial charge in [-0.05, 0) is 31.9 Å². The number of cyclic esters (lactones) is 1. The maximum Gasteiger partial charge on any atom is 0.417 e. The summed E-state index contributed by atoms with van der Waals surface area (Å²) in [6.45, 7) is 3.78. The Kier molecular flexibility index (Phi) is 3.89. The highest BCUT2D eigenvalue weighted by Crippen LogP contribution is 2.27. The summed E-state index contributed by atoms with van der Waals surface area (Å²) in [4.78, 5) is 24.6. The highest BCUT2D eigenvalue weighted by molar-refractivity contribution is 7.89. The van der Waals surface area contributed by atoms with Gasteiger partial charge in [-0.3, -0.25) is 4.79 Å². The van der Waals surface area contributed by atoms with Crippen LogP contribution in [-0.4, -0.2) is 55.4 Å². The first-order chi connectivity index (χ1) is 10.8. The van der Waals surface area contributed by atoms with Crippen LogP contribution >= 0.6 is 0 Å². The average Bonchev–Trinajstić information content (AvgIpc) is 3.06. The lowest BCUT2D eigenvalue weighted by molar-refractivity contribution is -0.127. The van der Waals surface area contributed by atoms with E-state index >= 15 is 0 Å². The van der Waals surface area contributed by atoms with Gasteiger partial charge >= 0.3 is 6.09 Å². The van der Waals surface area contributed by atoms with Crippen LogP contribution in [0.3, 0.4) is 0 Å². The summed E-state index contributed by atoms with van der Waals surface area (Å²) < 4.78 is 31.6. The Morgan fingerprint density at radius 2 is 1.96 bits per heavy atom. The van der Waals surface area contributed by atoms with Gasteiger partial charge in [-0.25, -0.2) is 18.1 Å². The number of sulfonamides is 1. The molecule has 2 amide bonds. The number of nitrogens with zero attached hydrogens (tertiary/aromatic N) is 2. The van der Waals surface area contributed by atoms with Crippen molar-refractivity contribution in [2.24, 2.45) is 0 Å². The Hall–Kier alpha value is -1.93. The lowest BCUT2D eigenvalue weighted by Crippen LogP contribution is -2.42. The molecule has 0 bridgehead atoms. The van der Waals surface area contributed by atoms with Gasteiger partial charge in [0.2, 0.25) is 10.0 Å². The molecule has 3 rings (SSSR count). The molecule has 1 aromatic carbocycles. The Bertz CT molecular complexity index is 758. The summed E-state index contributed by atoms with van der Waals surface area (Å²) in [5.41, 5.74) is 1.68. The van der Waals surface area contributed by atoms with Gasteiger partial charge in [0.25, 0.3) is 5.91 Å². The molecule has 0 saturated carbocycles. The molecule has 8 heteroatoms. The van der Waals surface area contributed by atoms with E-state index < -0.39 is 28.1 Å². The molecule has 7 nitrogen and oxygen atoms in total. The standard InChI is InChI=1S/C15H18N2O5S/c1-10-3-4-13(11(2)7-10)23(20,21)16-6-5-12(8-16)17-14(18)9-22-15(17)19/h3-4,7,12H,5-6,8-9H2,1-2H3. The van der Waals surface area contributed by atoms with E-state index in [2.05, 4.69) is 0 Å². The lowest BCUT2D eigenvalue weighted by atomic mass is 10.2. The fourth-order valence-corrected chi connectivity index (χ4v) is 4.78. The highest BCUT2D eigenvalue weighted by Gasteiger charge is 2.43. The summed E-state index contributed by atoms with van der Waals surface area (Å²) in [7, 11) is -3.64. The van der Waals surface area contributed by atoms with Gasteiger partial charge < -0.3 is 4.74 Å². The number of amides is 2. The van der Waals surface area contributed by atoms with Crippen LogP contribution in [0.15, 0.2) is 23.1 Å². The van der Waals surface area contributed by atoms with Crippen molar-refractivity contribution in [1.82, 2.24) is 9.21 Å². The van der Waals surface area contributed by atoms with Crippen molar-refractivity contribution in [3.63, 3.8) is 0 Å². The molecule has 0 spiro atoms. The van der Waals surface area contributed by atoms with E-state index in [1.165, 1.54) is 4.31 Å². The van der Waals surface area contributed by atoms with E-state index in [1.54, 1.807) is 19.1 Å². The third-order valence-electron chi connectivity index (χ3n) is 4.22. The van der Waals surface area contributed by atoms with Crippen LogP contribution < -0.4 is 0 Å². The van der Waals surface area contributed by atoms with Gasteiger partial charge in [0.05, 0.1) is 10.9 Å². The number of ether oxygens (including phenoxy) is 1. The average molecular weight is 338 g/mol. The molecule has 2 heterocycles. The SMILES string of the molecule is Cc1ccc(S(=O)(=O)N2CCC(N3C(=O)COC3=O)C2)c(C)c1. The predicted molar refractivity (Wildman–Crippen MR) is 81.3 cm³/mol. The van der Waals surface area contributed by atoms with Crippen LogP contribution in [0, 0.1) is 13.8 Å². The van der Waals surface area contributed by atoms with Crippen LogP contribution in [0.2, 0.25) is 0 Å². The molecular weight excluding hydrogens is 320 g/mol. The maximum absolute atomic E-state index is 12.8. The molecule has 0 N–H and O–H groups in total. The van der Waals surface area contributed by atoms with Gasteiger partial charge in [-0.15, -0.1) is 0 Å². The maximum atomic E-state index is 12.8. The minimum atomic E-state index is -3.64. The molecule has 0 aliphatic carbocycles. The molecule has 2 fully saturated rings. The van der Waals surface area contributed by atoms with Crippen molar-refractivity contribution in [2.75, 3.05) is 19.7 Å². The van der Waals surface area contributed by atoms with Crippen molar-refractivity contribution in [3.05, 3.63) is 29.3 Å². The number of carbonyl (C=O) groups excluding carboxylic acids is 2. The van der Waals surface area contributed by atoms with Crippen LogP contribution in [0.25, 0.3) is 0 Å². The minimum absolute atomic E-state index is 0.108. The minimum Gasteiger partial charge on any atom is -0.439 e. The molecule has 0 aromatic heterocycles. The van der Waals surface area contributed by atoms with E-state index in [1.807, 2.05) is 13.0 Å². The summed E-state index contributed by atoms with van der Waals surface area (Å²) >= 11 is 0. The zero-order valence-electron chi connectivity index (χ0n) is 13.0. The van der Waals surface area contributed by atoms with Crippen molar-refractivity contribution < 1.29 is 22.7 Å². The summed E-state index contributed by atoms with van der Waals surface area (Å²) in [5, 5.41) is 0. The largest absolute Gasteiger partial charge is 0.439 e. The molecule has 2 saturated heterocycles. The topological polar surface area (TPSA) is 84.0 Å². The molecule has 1 unspecified atom stereocenters. The lowest BCUT2D eigenvalue weighted by Gasteiger charge is -2.21. The highest BCUT2D eigenvalue weighted by atomic mass is 32.2. The van der Waals surface area contributed by atoms with Crippen LogP contribution in [0.5, 0.6) is 0 Å². The number of carbonyl (C=O) groups is 2. The van der Waals surface area contributed by atoms with Gasteiger partial charge in [0.15, 0.2) is 6.61 Å². The smallest absolute Gasteiger partial charge is 0.417 e. The van der Waals surface area contributed by atoms with E-state index in [0.717, 1.165) is 10.5 Å². The zero-order chi connectivity index (χ0) is 16.8. The summed E-state index contributed by atoms with van der Waals surface area (Å²) in [6, 6.07) is 4.72. The molecule has 2 aliphatic rings. The third-order valence-corrected chi connectivity index (χ3v) is 6.25. The number of imide groups is 1. The van der Waals surface area contributed by atoms with Crippen molar-refractivity contribution in [2.45, 2.75) is 31.2 Å². The normalized spacial score (nSPS) is 22.7. The molecular formula is C15H18N2O5S. The third kappa shape index (κ3) is 2.72. The molecule has 23 heavy (non-hydrogen) atoms. The second-order valence-electron chi connectivity index (χ2n) is 5.89. The molecule has 1 atom stereocenters. The van der Waals surface area contributed by atoms with E-state index in [-0.39, 0.29) is 24.6 Å². The van der Waals surface area contributed by atoms with E-state index in [9.17, 15) is 18.0 Å². The molecule has 124 valence electrons. The Balaban J connectivity index is 1.83. The van der Waals surface area contributed by atoms with Crippen molar-refractivity contribution in [3.8, 4) is 0 Å². The number of hydrogen-bond donors (Lipinski definition) is 0. The van der Waals surface area contributed by atoms with Gasteiger partial charge in [-0.2, -0.15) is 4.31 Å². The fraction of sp³-hybridized carbons (Fsp3) is 0.467. The summed E-state index contributed by atoms with van der Waals surface area (Å²) in [6.07, 6.45) is -0.268. The predicted octanol–water partition coefficient (Wildman–Crippen LogP) is 1.05. The molecule has 1 aromatic rings. The number of hydrogen-bond acceptors (Lipinski definition) is 5. The first kappa shape index (κ1) is 15.9. The number of benzene rings is 1. The summed E-state index contributed by atoms with van der Waals surface area (Å²) in [5.74, 6) is -0.411. The van der Waals surface area contributed by atoms with Crippen LogP contribution in [-0.2, 0) is 19.6 Å². The van der Waals surface area contributed by atoms with Crippen LogP contribution in [0.4, 0.5) is 4.79 Å². The first-order valence-corrected chi connectivity index (χ1v) is 8.81. The number of aryl methyl sites for hydroxylation is 2. The van der Waals surface area contributed by atoms with Crippen molar-refractivity contribution in [1.29, 1.82) is 0 Å².